The third-order valence-electron chi connectivity index (χ3n) is 4.67. The van der Waals surface area contributed by atoms with Gasteiger partial charge in [-0.1, -0.05) is 52.9 Å². The monoisotopic (exact) mass is 282 g/mol. The summed E-state index contributed by atoms with van der Waals surface area (Å²) in [5.74, 6) is 0.441. The molecule has 20 heavy (non-hydrogen) atoms. The third-order valence-corrected chi connectivity index (χ3v) is 4.67. The zero-order valence-corrected chi connectivity index (χ0v) is 13.8. The van der Waals surface area contributed by atoms with Gasteiger partial charge in [0.1, 0.15) is 6.29 Å². The Morgan fingerprint density at radius 1 is 1.15 bits per heavy atom. The number of ether oxygens (including phenoxy) is 1. The first kappa shape index (κ1) is 17.7. The summed E-state index contributed by atoms with van der Waals surface area (Å²) in [7, 11) is 0. The molecular formula is C18H34O2. The molecule has 0 saturated heterocycles. The topological polar surface area (TPSA) is 26.3 Å². The van der Waals surface area contributed by atoms with E-state index < -0.39 is 0 Å². The van der Waals surface area contributed by atoms with E-state index in [0.29, 0.717) is 23.9 Å². The van der Waals surface area contributed by atoms with Crippen molar-refractivity contribution in [2.24, 2.45) is 11.3 Å². The molecule has 1 rings (SSSR count). The minimum absolute atomic E-state index is 0.323. The maximum atomic E-state index is 10.9. The molecule has 2 unspecified atom stereocenters. The van der Waals surface area contributed by atoms with Gasteiger partial charge in [0.15, 0.2) is 0 Å². The Bertz CT molecular complexity index is 260. The van der Waals surface area contributed by atoms with E-state index in [9.17, 15) is 4.79 Å². The first-order valence-corrected chi connectivity index (χ1v) is 8.64. The first-order chi connectivity index (χ1) is 9.59. The van der Waals surface area contributed by atoms with Crippen LogP contribution in [0.4, 0.5) is 0 Å². The number of hydrogen-bond donors (Lipinski definition) is 0. The molecule has 0 spiro atoms. The second-order valence-corrected chi connectivity index (χ2v) is 7.25. The van der Waals surface area contributed by atoms with E-state index in [-0.39, 0.29) is 0 Å². The van der Waals surface area contributed by atoms with Gasteiger partial charge in [-0.3, -0.25) is 0 Å². The molecule has 0 aromatic carbocycles. The van der Waals surface area contributed by atoms with Crippen molar-refractivity contribution >= 4 is 6.29 Å². The van der Waals surface area contributed by atoms with E-state index in [1.54, 1.807) is 0 Å². The van der Waals surface area contributed by atoms with Crippen molar-refractivity contribution in [3.8, 4) is 0 Å². The van der Waals surface area contributed by atoms with Gasteiger partial charge >= 0.3 is 0 Å². The van der Waals surface area contributed by atoms with Gasteiger partial charge < -0.3 is 9.53 Å². The summed E-state index contributed by atoms with van der Waals surface area (Å²) in [5.41, 5.74) is 0.383. The quantitative estimate of drug-likeness (QED) is 0.409. The first-order valence-electron chi connectivity index (χ1n) is 8.64. The van der Waals surface area contributed by atoms with Crippen LogP contribution in [-0.2, 0) is 9.53 Å². The fourth-order valence-corrected chi connectivity index (χ4v) is 3.41. The Morgan fingerprint density at radius 2 is 1.85 bits per heavy atom. The summed E-state index contributed by atoms with van der Waals surface area (Å²) in [5, 5.41) is 0. The highest BCUT2D eigenvalue weighted by atomic mass is 16.5. The lowest BCUT2D eigenvalue weighted by Crippen LogP contribution is -2.35. The van der Waals surface area contributed by atoms with Crippen LogP contribution in [-0.4, -0.2) is 19.0 Å². The molecule has 0 heterocycles. The molecule has 0 bridgehead atoms. The highest BCUT2D eigenvalue weighted by Gasteiger charge is 2.34. The average molecular weight is 282 g/mol. The minimum atomic E-state index is 0.323. The molecule has 1 aliphatic rings. The standard InChI is InChI=1S/C18H34O2/c1-4-5-6-7-8-9-14-20-17-10-12-18(2,3)15-16(17)11-13-19/h13,16-17H,4-12,14-15H2,1-3H3. The third kappa shape index (κ3) is 6.88. The molecule has 1 aliphatic carbocycles. The molecule has 118 valence electrons. The SMILES string of the molecule is CCCCCCCCOC1CCC(C)(C)CC1CC=O. The Hall–Kier alpha value is -0.370. The molecule has 0 amide bonds. The van der Waals surface area contributed by atoms with E-state index in [1.807, 2.05) is 0 Å². The zero-order valence-electron chi connectivity index (χ0n) is 13.8. The van der Waals surface area contributed by atoms with Crippen molar-refractivity contribution in [2.75, 3.05) is 6.61 Å². The number of aldehydes is 1. The van der Waals surface area contributed by atoms with Gasteiger partial charge in [0, 0.05) is 13.0 Å². The normalized spacial score (nSPS) is 25.6. The summed E-state index contributed by atoms with van der Waals surface area (Å²) in [6, 6.07) is 0. The van der Waals surface area contributed by atoms with Crippen molar-refractivity contribution in [3.63, 3.8) is 0 Å². The van der Waals surface area contributed by atoms with Gasteiger partial charge in [-0.15, -0.1) is 0 Å². The highest BCUT2D eigenvalue weighted by Crippen LogP contribution is 2.41. The van der Waals surface area contributed by atoms with E-state index in [0.717, 1.165) is 25.7 Å². The van der Waals surface area contributed by atoms with Crippen LogP contribution in [0.3, 0.4) is 0 Å². The van der Waals surface area contributed by atoms with Crippen LogP contribution in [0.5, 0.6) is 0 Å². The van der Waals surface area contributed by atoms with E-state index in [4.69, 9.17) is 4.74 Å². The summed E-state index contributed by atoms with van der Waals surface area (Å²) in [6.07, 6.45) is 13.4. The van der Waals surface area contributed by atoms with Crippen molar-refractivity contribution < 1.29 is 9.53 Å². The predicted octanol–water partition coefficient (Wildman–Crippen LogP) is 5.15. The van der Waals surface area contributed by atoms with Crippen LogP contribution >= 0.6 is 0 Å². The maximum absolute atomic E-state index is 10.9. The van der Waals surface area contributed by atoms with Crippen LogP contribution in [0.1, 0.15) is 85.0 Å². The lowest BCUT2D eigenvalue weighted by molar-refractivity contribution is -0.111. The van der Waals surface area contributed by atoms with Gasteiger partial charge in [0.25, 0.3) is 0 Å². The predicted molar refractivity (Wildman–Crippen MR) is 84.9 cm³/mol. The second kappa shape index (κ2) is 9.55. The number of carbonyl (C=O) groups is 1. The molecule has 1 fully saturated rings. The molecule has 2 atom stereocenters. The average Bonchev–Trinajstić information content (AvgIpc) is 2.39. The van der Waals surface area contributed by atoms with Gasteiger partial charge in [0.2, 0.25) is 0 Å². The largest absolute Gasteiger partial charge is 0.378 e. The Labute approximate surface area is 125 Å². The number of rotatable bonds is 10. The van der Waals surface area contributed by atoms with E-state index >= 15 is 0 Å². The fraction of sp³-hybridized carbons (Fsp3) is 0.944. The lowest BCUT2D eigenvalue weighted by atomic mass is 9.70. The Morgan fingerprint density at radius 3 is 2.55 bits per heavy atom. The second-order valence-electron chi connectivity index (χ2n) is 7.25. The van der Waals surface area contributed by atoms with Gasteiger partial charge in [-0.25, -0.2) is 0 Å². The molecule has 2 heteroatoms. The molecule has 1 saturated carbocycles. The molecule has 0 radical (unpaired) electrons. The van der Waals surface area contributed by atoms with Crippen LogP contribution in [0.2, 0.25) is 0 Å². The lowest BCUT2D eigenvalue weighted by Gasteiger charge is -2.40. The van der Waals surface area contributed by atoms with Crippen LogP contribution < -0.4 is 0 Å². The summed E-state index contributed by atoms with van der Waals surface area (Å²) < 4.78 is 6.09. The van der Waals surface area contributed by atoms with Crippen molar-refractivity contribution in [2.45, 2.75) is 91.1 Å². The molecule has 2 nitrogen and oxygen atoms in total. The minimum Gasteiger partial charge on any atom is -0.378 e. The molecule has 0 aromatic rings. The van der Waals surface area contributed by atoms with Gasteiger partial charge in [0.05, 0.1) is 6.10 Å². The Kier molecular flexibility index (Phi) is 8.44. The summed E-state index contributed by atoms with van der Waals surface area (Å²) in [4.78, 5) is 10.9. The number of unbranched alkanes of at least 4 members (excludes halogenated alkanes) is 5. The van der Waals surface area contributed by atoms with Gasteiger partial charge in [-0.2, -0.15) is 0 Å². The highest BCUT2D eigenvalue weighted by molar-refractivity contribution is 5.49. The maximum Gasteiger partial charge on any atom is 0.120 e. The van der Waals surface area contributed by atoms with Crippen LogP contribution in [0, 0.1) is 11.3 Å². The van der Waals surface area contributed by atoms with Crippen molar-refractivity contribution in [3.05, 3.63) is 0 Å². The fourth-order valence-electron chi connectivity index (χ4n) is 3.41. The molecular weight excluding hydrogens is 248 g/mol. The molecule has 0 aliphatic heterocycles. The molecule has 0 aromatic heterocycles. The zero-order chi connectivity index (χ0) is 14.8. The van der Waals surface area contributed by atoms with Crippen LogP contribution in [0.15, 0.2) is 0 Å². The van der Waals surface area contributed by atoms with Gasteiger partial charge in [-0.05, 0) is 37.0 Å². The van der Waals surface area contributed by atoms with E-state index in [2.05, 4.69) is 20.8 Å². The van der Waals surface area contributed by atoms with Crippen molar-refractivity contribution in [1.82, 2.24) is 0 Å². The van der Waals surface area contributed by atoms with Crippen LogP contribution in [0.25, 0.3) is 0 Å². The van der Waals surface area contributed by atoms with Crippen molar-refractivity contribution in [1.29, 1.82) is 0 Å². The summed E-state index contributed by atoms with van der Waals surface area (Å²) >= 11 is 0. The molecule has 0 N–H and O–H groups in total. The smallest absolute Gasteiger partial charge is 0.120 e. The number of carbonyl (C=O) groups excluding carboxylic acids is 1. The Balaban J connectivity index is 2.19. The summed E-state index contributed by atoms with van der Waals surface area (Å²) in [6.45, 7) is 7.76. The number of hydrogen-bond acceptors (Lipinski definition) is 2. The van der Waals surface area contributed by atoms with E-state index in [1.165, 1.54) is 44.9 Å².